The zero-order valence-corrected chi connectivity index (χ0v) is 13.1. The van der Waals surface area contributed by atoms with Crippen molar-refractivity contribution in [2.24, 2.45) is 17.8 Å². The van der Waals surface area contributed by atoms with Crippen molar-refractivity contribution in [3.63, 3.8) is 0 Å². The molecule has 3 saturated carbocycles. The van der Waals surface area contributed by atoms with Crippen LogP contribution in [0.1, 0.15) is 51.4 Å². The molecule has 0 aromatic rings. The number of carbonyl (C=O) groups excluding carboxylic acids is 1. The minimum absolute atomic E-state index is 0.313. The molecule has 4 heteroatoms. The summed E-state index contributed by atoms with van der Waals surface area (Å²) in [5, 5.41) is 0. The minimum Gasteiger partial charge on any atom is -0.348 e. The first kappa shape index (κ1) is 14.0. The Balaban J connectivity index is 1.35. The predicted molar refractivity (Wildman–Crippen MR) is 78.6 cm³/mol. The van der Waals surface area contributed by atoms with E-state index in [0.29, 0.717) is 23.8 Å². The number of hydrogen-bond acceptors (Lipinski definition) is 3. The summed E-state index contributed by atoms with van der Waals surface area (Å²) in [7, 11) is 2.02. The second kappa shape index (κ2) is 5.24. The second-order valence-electron chi connectivity index (χ2n) is 7.57. The predicted octanol–water partition coefficient (Wildman–Crippen LogP) is 2.57. The highest BCUT2D eigenvalue weighted by molar-refractivity contribution is 5.79. The first-order valence-electron chi connectivity index (χ1n) is 8.71. The molecule has 118 valence electrons. The highest BCUT2D eigenvalue weighted by atomic mass is 16.7. The fraction of sp³-hybridized carbons (Fsp3) is 0.941. The lowest BCUT2D eigenvalue weighted by Crippen LogP contribution is -2.47. The van der Waals surface area contributed by atoms with Gasteiger partial charge in [0.25, 0.3) is 0 Å². The van der Waals surface area contributed by atoms with Gasteiger partial charge in [-0.1, -0.05) is 6.42 Å². The lowest BCUT2D eigenvalue weighted by atomic mass is 9.85. The van der Waals surface area contributed by atoms with Crippen molar-refractivity contribution in [2.75, 3.05) is 20.3 Å². The summed E-state index contributed by atoms with van der Waals surface area (Å²) in [5.41, 5.74) is 0. The summed E-state index contributed by atoms with van der Waals surface area (Å²) in [6, 6.07) is 0.384. The van der Waals surface area contributed by atoms with E-state index in [0.717, 1.165) is 51.2 Å². The molecule has 1 aliphatic heterocycles. The van der Waals surface area contributed by atoms with E-state index in [-0.39, 0.29) is 5.79 Å². The van der Waals surface area contributed by atoms with Gasteiger partial charge in [0.1, 0.15) is 0 Å². The molecule has 1 heterocycles. The SMILES string of the molecule is CN(C(=O)C1CC2CCC1C2)C1CCC2(CC1)OCCO2. The van der Waals surface area contributed by atoms with E-state index in [2.05, 4.69) is 4.90 Å². The van der Waals surface area contributed by atoms with Crippen molar-refractivity contribution in [1.29, 1.82) is 0 Å². The van der Waals surface area contributed by atoms with Crippen molar-refractivity contribution in [3.8, 4) is 0 Å². The molecule has 0 aromatic carbocycles. The number of fused-ring (bicyclic) bond motifs is 2. The number of hydrogen-bond donors (Lipinski definition) is 0. The van der Waals surface area contributed by atoms with Crippen LogP contribution in [0.4, 0.5) is 0 Å². The van der Waals surface area contributed by atoms with E-state index < -0.39 is 0 Å². The molecule has 21 heavy (non-hydrogen) atoms. The highest BCUT2D eigenvalue weighted by Gasteiger charge is 2.46. The summed E-state index contributed by atoms with van der Waals surface area (Å²) in [6.45, 7) is 1.45. The Morgan fingerprint density at radius 1 is 1.05 bits per heavy atom. The molecule has 2 bridgehead atoms. The molecule has 1 amide bonds. The lowest BCUT2D eigenvalue weighted by Gasteiger charge is -2.40. The monoisotopic (exact) mass is 293 g/mol. The topological polar surface area (TPSA) is 38.8 Å². The molecule has 0 radical (unpaired) electrons. The van der Waals surface area contributed by atoms with E-state index >= 15 is 0 Å². The summed E-state index contributed by atoms with van der Waals surface area (Å²) >= 11 is 0. The number of ether oxygens (including phenoxy) is 2. The first-order valence-corrected chi connectivity index (χ1v) is 8.71. The van der Waals surface area contributed by atoms with Gasteiger partial charge in [0.15, 0.2) is 5.79 Å². The smallest absolute Gasteiger partial charge is 0.225 e. The third kappa shape index (κ3) is 2.40. The Bertz CT molecular complexity index is 408. The highest BCUT2D eigenvalue weighted by Crippen LogP contribution is 2.49. The normalized spacial score (nSPS) is 38.2. The molecule has 4 rings (SSSR count). The number of rotatable bonds is 2. The summed E-state index contributed by atoms with van der Waals surface area (Å²) < 4.78 is 11.6. The van der Waals surface area contributed by atoms with Crippen molar-refractivity contribution in [2.45, 2.75) is 63.2 Å². The average molecular weight is 293 g/mol. The molecule has 0 aromatic heterocycles. The van der Waals surface area contributed by atoms with Crippen LogP contribution in [0, 0.1) is 17.8 Å². The molecule has 4 nitrogen and oxygen atoms in total. The van der Waals surface area contributed by atoms with Crippen LogP contribution < -0.4 is 0 Å². The summed E-state index contributed by atoms with van der Waals surface area (Å²) in [5.74, 6) is 1.95. The van der Waals surface area contributed by atoms with Crippen molar-refractivity contribution in [3.05, 3.63) is 0 Å². The van der Waals surface area contributed by atoms with Gasteiger partial charge < -0.3 is 14.4 Å². The van der Waals surface area contributed by atoms with Crippen molar-refractivity contribution >= 4 is 5.91 Å². The summed E-state index contributed by atoms with van der Waals surface area (Å²) in [4.78, 5) is 14.9. The van der Waals surface area contributed by atoms with E-state index in [1.54, 1.807) is 0 Å². The van der Waals surface area contributed by atoms with Crippen LogP contribution in [0.25, 0.3) is 0 Å². The Morgan fingerprint density at radius 2 is 1.76 bits per heavy atom. The lowest BCUT2D eigenvalue weighted by molar-refractivity contribution is -0.185. The fourth-order valence-corrected chi connectivity index (χ4v) is 5.20. The van der Waals surface area contributed by atoms with Gasteiger partial charge in [-0.15, -0.1) is 0 Å². The van der Waals surface area contributed by atoms with Gasteiger partial charge in [0.2, 0.25) is 5.91 Å². The number of carbonyl (C=O) groups is 1. The molecule has 3 atom stereocenters. The molecule has 4 fully saturated rings. The summed E-state index contributed by atoms with van der Waals surface area (Å²) in [6.07, 6.45) is 9.00. The van der Waals surface area contributed by atoms with Gasteiger partial charge in [-0.05, 0) is 43.9 Å². The molecule has 3 unspecified atom stereocenters. The van der Waals surface area contributed by atoms with Crippen molar-refractivity contribution < 1.29 is 14.3 Å². The molecule has 4 aliphatic rings. The third-order valence-electron chi connectivity index (χ3n) is 6.48. The van der Waals surface area contributed by atoms with Gasteiger partial charge in [0, 0.05) is 31.8 Å². The van der Waals surface area contributed by atoms with Gasteiger partial charge in [0.05, 0.1) is 13.2 Å². The molecular formula is C17H27NO3. The van der Waals surface area contributed by atoms with Crippen LogP contribution in [0.2, 0.25) is 0 Å². The van der Waals surface area contributed by atoms with E-state index in [9.17, 15) is 4.79 Å². The molecule has 1 saturated heterocycles. The van der Waals surface area contributed by atoms with E-state index in [4.69, 9.17) is 9.47 Å². The van der Waals surface area contributed by atoms with Crippen LogP contribution in [-0.4, -0.2) is 42.9 Å². The van der Waals surface area contributed by atoms with Gasteiger partial charge in [-0.25, -0.2) is 0 Å². The Morgan fingerprint density at radius 3 is 2.33 bits per heavy atom. The van der Waals surface area contributed by atoms with Crippen LogP contribution in [0.3, 0.4) is 0 Å². The molecular weight excluding hydrogens is 266 g/mol. The first-order chi connectivity index (χ1) is 10.2. The van der Waals surface area contributed by atoms with E-state index in [1.165, 1.54) is 19.3 Å². The number of nitrogens with zero attached hydrogens (tertiary/aromatic N) is 1. The second-order valence-corrected chi connectivity index (χ2v) is 7.57. The Hall–Kier alpha value is -0.610. The van der Waals surface area contributed by atoms with Crippen LogP contribution in [0.5, 0.6) is 0 Å². The number of amides is 1. The van der Waals surface area contributed by atoms with Crippen LogP contribution in [-0.2, 0) is 14.3 Å². The zero-order chi connectivity index (χ0) is 14.4. The maximum Gasteiger partial charge on any atom is 0.225 e. The van der Waals surface area contributed by atoms with Crippen LogP contribution in [0.15, 0.2) is 0 Å². The molecule has 0 N–H and O–H groups in total. The Kier molecular flexibility index (Phi) is 3.49. The van der Waals surface area contributed by atoms with E-state index in [1.807, 2.05) is 7.05 Å². The van der Waals surface area contributed by atoms with Gasteiger partial charge >= 0.3 is 0 Å². The van der Waals surface area contributed by atoms with Gasteiger partial charge in [-0.2, -0.15) is 0 Å². The minimum atomic E-state index is -0.313. The fourth-order valence-electron chi connectivity index (χ4n) is 5.20. The maximum absolute atomic E-state index is 12.8. The maximum atomic E-state index is 12.8. The van der Waals surface area contributed by atoms with Crippen molar-refractivity contribution in [1.82, 2.24) is 4.90 Å². The average Bonchev–Trinajstić information content (AvgIpc) is 3.23. The third-order valence-corrected chi connectivity index (χ3v) is 6.48. The zero-order valence-electron chi connectivity index (χ0n) is 13.1. The van der Waals surface area contributed by atoms with Gasteiger partial charge in [-0.3, -0.25) is 4.79 Å². The quantitative estimate of drug-likeness (QED) is 0.785. The molecule has 3 aliphatic carbocycles. The largest absolute Gasteiger partial charge is 0.348 e. The standard InChI is InChI=1S/C17H27NO3/c1-18(16(19)15-11-12-2-3-13(15)10-12)14-4-6-17(7-5-14)20-8-9-21-17/h12-15H,2-11H2,1H3. The van der Waals surface area contributed by atoms with Crippen LogP contribution >= 0.6 is 0 Å². The molecule has 1 spiro atoms. The Labute approximate surface area is 127 Å².